The molecular formula is C14H13N3O. The van der Waals surface area contributed by atoms with E-state index in [0.717, 1.165) is 22.3 Å². The van der Waals surface area contributed by atoms with Gasteiger partial charge >= 0.3 is 0 Å². The third kappa shape index (κ3) is 1.50. The number of aromatic nitrogens is 2. The zero-order valence-corrected chi connectivity index (χ0v) is 9.96. The lowest BCUT2D eigenvalue weighted by Crippen LogP contribution is -2.00. The summed E-state index contributed by atoms with van der Waals surface area (Å²) in [6.07, 6.45) is 0. The summed E-state index contributed by atoms with van der Waals surface area (Å²) in [7, 11) is 0. The third-order valence-electron chi connectivity index (χ3n) is 3.00. The molecule has 2 aromatic carbocycles. The zero-order chi connectivity index (χ0) is 12.7. The number of phenolic OH excluding ortho intramolecular Hbond substituents is 1. The quantitative estimate of drug-likeness (QED) is 0.686. The average Bonchev–Trinajstić information content (AvgIpc) is 2.67. The lowest BCUT2D eigenvalue weighted by molar-refractivity contribution is 0.475. The summed E-state index contributed by atoms with van der Waals surface area (Å²) in [6, 6.07) is 12.9. The van der Waals surface area contributed by atoms with Crippen LogP contribution in [0.15, 0.2) is 42.5 Å². The number of hydrogen-bond acceptors (Lipinski definition) is 3. The van der Waals surface area contributed by atoms with Crippen LogP contribution in [0.3, 0.4) is 0 Å². The van der Waals surface area contributed by atoms with Gasteiger partial charge in [-0.05, 0) is 30.7 Å². The topological polar surface area (TPSA) is 64.1 Å². The molecule has 3 N–H and O–H groups in total. The Morgan fingerprint density at radius 2 is 1.94 bits per heavy atom. The molecule has 0 radical (unpaired) electrons. The summed E-state index contributed by atoms with van der Waals surface area (Å²) in [6.45, 7) is 2.00. The number of para-hydroxylation sites is 1. The molecule has 0 fully saturated rings. The van der Waals surface area contributed by atoms with Crippen LogP contribution >= 0.6 is 0 Å². The van der Waals surface area contributed by atoms with Gasteiger partial charge < -0.3 is 10.8 Å². The van der Waals surface area contributed by atoms with Gasteiger partial charge in [-0.1, -0.05) is 18.2 Å². The fourth-order valence-corrected chi connectivity index (χ4v) is 2.16. The highest BCUT2D eigenvalue weighted by Gasteiger charge is 2.11. The normalized spacial score (nSPS) is 10.9. The predicted molar refractivity (Wildman–Crippen MR) is 71.9 cm³/mol. The smallest absolute Gasteiger partial charge is 0.205 e. The van der Waals surface area contributed by atoms with Gasteiger partial charge in [0, 0.05) is 6.07 Å². The number of imidazole rings is 1. The Bertz CT molecular complexity index is 731. The van der Waals surface area contributed by atoms with Crippen molar-refractivity contribution in [3.05, 3.63) is 48.0 Å². The molecule has 18 heavy (non-hydrogen) atoms. The van der Waals surface area contributed by atoms with Crippen LogP contribution in [0, 0.1) is 6.92 Å². The zero-order valence-electron chi connectivity index (χ0n) is 9.96. The van der Waals surface area contributed by atoms with E-state index in [4.69, 9.17) is 5.73 Å². The number of phenols is 1. The van der Waals surface area contributed by atoms with Gasteiger partial charge in [0.25, 0.3) is 0 Å². The maximum atomic E-state index is 9.55. The van der Waals surface area contributed by atoms with Crippen molar-refractivity contribution in [2.24, 2.45) is 0 Å². The number of hydrogen-bond donors (Lipinski definition) is 2. The highest BCUT2D eigenvalue weighted by Crippen LogP contribution is 2.26. The second-order valence-electron chi connectivity index (χ2n) is 4.27. The van der Waals surface area contributed by atoms with Crippen molar-refractivity contribution in [3.8, 4) is 11.4 Å². The lowest BCUT2D eigenvalue weighted by atomic mass is 10.2. The van der Waals surface area contributed by atoms with E-state index >= 15 is 0 Å². The third-order valence-corrected chi connectivity index (χ3v) is 3.00. The summed E-state index contributed by atoms with van der Waals surface area (Å²) in [4.78, 5) is 4.38. The Morgan fingerprint density at radius 1 is 1.17 bits per heavy atom. The SMILES string of the molecule is Cc1cccc2c1nc(N)n2-c1cccc(O)c1. The fourth-order valence-electron chi connectivity index (χ4n) is 2.16. The molecule has 0 spiro atoms. The molecule has 0 saturated carbocycles. The van der Waals surface area contributed by atoms with E-state index in [1.54, 1.807) is 18.2 Å². The van der Waals surface area contributed by atoms with E-state index < -0.39 is 0 Å². The molecule has 0 aliphatic carbocycles. The highest BCUT2D eigenvalue weighted by atomic mass is 16.3. The van der Waals surface area contributed by atoms with E-state index in [1.165, 1.54) is 0 Å². The van der Waals surface area contributed by atoms with Crippen molar-refractivity contribution >= 4 is 17.0 Å². The summed E-state index contributed by atoms with van der Waals surface area (Å²) in [5.41, 5.74) is 9.69. The molecule has 90 valence electrons. The van der Waals surface area contributed by atoms with Gasteiger partial charge in [-0.3, -0.25) is 4.57 Å². The first kappa shape index (κ1) is 10.7. The summed E-state index contributed by atoms with van der Waals surface area (Å²) in [5.74, 6) is 0.631. The molecule has 0 atom stereocenters. The van der Waals surface area contributed by atoms with Crippen LogP contribution in [0.25, 0.3) is 16.7 Å². The standard InChI is InChI=1S/C14H13N3O/c1-9-4-2-7-12-13(9)16-14(15)17(12)10-5-3-6-11(18)8-10/h2-8,18H,1H3,(H2,15,16). The van der Waals surface area contributed by atoms with Gasteiger partial charge in [0.05, 0.1) is 16.7 Å². The molecule has 3 rings (SSSR count). The van der Waals surface area contributed by atoms with Crippen molar-refractivity contribution in [2.75, 3.05) is 5.73 Å². The Balaban J connectivity index is 2.36. The molecular weight excluding hydrogens is 226 g/mol. The summed E-state index contributed by atoms with van der Waals surface area (Å²) in [5, 5.41) is 9.55. The highest BCUT2D eigenvalue weighted by molar-refractivity contribution is 5.83. The molecule has 1 heterocycles. The first-order chi connectivity index (χ1) is 8.66. The van der Waals surface area contributed by atoms with Crippen LogP contribution in [-0.4, -0.2) is 14.7 Å². The van der Waals surface area contributed by atoms with Gasteiger partial charge in [0.15, 0.2) is 0 Å². The number of nitrogens with zero attached hydrogens (tertiary/aromatic N) is 2. The number of aryl methyl sites for hydroxylation is 1. The number of nitrogens with two attached hydrogens (primary N) is 1. The van der Waals surface area contributed by atoms with E-state index in [1.807, 2.05) is 35.8 Å². The van der Waals surface area contributed by atoms with Crippen molar-refractivity contribution in [2.45, 2.75) is 6.92 Å². The van der Waals surface area contributed by atoms with Gasteiger partial charge in [0.1, 0.15) is 5.75 Å². The van der Waals surface area contributed by atoms with E-state index in [-0.39, 0.29) is 5.75 Å². The van der Waals surface area contributed by atoms with Crippen molar-refractivity contribution in [1.82, 2.24) is 9.55 Å². The minimum atomic E-state index is 0.210. The Kier molecular flexibility index (Phi) is 2.23. The number of rotatable bonds is 1. The van der Waals surface area contributed by atoms with Crippen LogP contribution in [0.5, 0.6) is 5.75 Å². The van der Waals surface area contributed by atoms with Gasteiger partial charge in [-0.25, -0.2) is 4.98 Å². The van der Waals surface area contributed by atoms with Gasteiger partial charge in [0.2, 0.25) is 5.95 Å². The largest absolute Gasteiger partial charge is 0.508 e. The van der Waals surface area contributed by atoms with E-state index in [0.29, 0.717) is 5.95 Å². The molecule has 1 aromatic heterocycles. The van der Waals surface area contributed by atoms with Crippen LogP contribution in [-0.2, 0) is 0 Å². The van der Waals surface area contributed by atoms with Gasteiger partial charge in [-0.2, -0.15) is 0 Å². The van der Waals surface area contributed by atoms with Crippen LogP contribution < -0.4 is 5.73 Å². The summed E-state index contributed by atoms with van der Waals surface area (Å²) < 4.78 is 1.84. The molecule has 4 nitrogen and oxygen atoms in total. The van der Waals surface area contributed by atoms with Crippen LogP contribution in [0.4, 0.5) is 5.95 Å². The Labute approximate surface area is 104 Å². The minimum Gasteiger partial charge on any atom is -0.508 e. The minimum absolute atomic E-state index is 0.210. The number of anilines is 1. The number of nitrogen functional groups attached to an aromatic ring is 1. The van der Waals surface area contributed by atoms with Crippen molar-refractivity contribution in [1.29, 1.82) is 0 Å². The molecule has 0 saturated heterocycles. The average molecular weight is 239 g/mol. The first-order valence-corrected chi connectivity index (χ1v) is 5.70. The van der Waals surface area contributed by atoms with Crippen LogP contribution in [0.1, 0.15) is 5.56 Å². The number of fused-ring (bicyclic) bond motifs is 1. The summed E-state index contributed by atoms with van der Waals surface area (Å²) >= 11 is 0. The van der Waals surface area contributed by atoms with Crippen LogP contribution in [0.2, 0.25) is 0 Å². The predicted octanol–water partition coefficient (Wildman–Crippen LogP) is 2.62. The second kappa shape index (κ2) is 3.77. The maximum absolute atomic E-state index is 9.55. The maximum Gasteiger partial charge on any atom is 0.205 e. The Morgan fingerprint density at radius 3 is 2.72 bits per heavy atom. The number of aromatic hydroxyl groups is 1. The number of benzene rings is 2. The molecule has 0 bridgehead atoms. The van der Waals surface area contributed by atoms with E-state index in [9.17, 15) is 5.11 Å². The lowest BCUT2D eigenvalue weighted by Gasteiger charge is -2.06. The van der Waals surface area contributed by atoms with E-state index in [2.05, 4.69) is 4.98 Å². The second-order valence-corrected chi connectivity index (χ2v) is 4.27. The first-order valence-electron chi connectivity index (χ1n) is 5.70. The molecule has 4 heteroatoms. The van der Waals surface area contributed by atoms with Crippen molar-refractivity contribution < 1.29 is 5.11 Å². The van der Waals surface area contributed by atoms with Crippen molar-refractivity contribution in [3.63, 3.8) is 0 Å². The van der Waals surface area contributed by atoms with Gasteiger partial charge in [-0.15, -0.1) is 0 Å². The molecule has 0 aliphatic rings. The fraction of sp³-hybridized carbons (Fsp3) is 0.0714. The molecule has 0 aliphatic heterocycles. The Hall–Kier alpha value is -2.49. The molecule has 0 unspecified atom stereocenters. The monoisotopic (exact) mass is 239 g/mol. The molecule has 0 amide bonds. The molecule has 3 aromatic rings.